The maximum atomic E-state index is 4.52. The van der Waals surface area contributed by atoms with E-state index in [0.29, 0.717) is 0 Å². The fourth-order valence-corrected chi connectivity index (χ4v) is 2.37. The molecule has 0 aliphatic heterocycles. The van der Waals surface area contributed by atoms with E-state index in [1.165, 1.54) is 16.0 Å². The van der Waals surface area contributed by atoms with Gasteiger partial charge >= 0.3 is 0 Å². The summed E-state index contributed by atoms with van der Waals surface area (Å²) < 4.78 is 0. The Morgan fingerprint density at radius 1 is 1.00 bits per heavy atom. The molecule has 0 fully saturated rings. The van der Waals surface area contributed by atoms with Gasteiger partial charge in [0.2, 0.25) is 0 Å². The van der Waals surface area contributed by atoms with Crippen molar-refractivity contribution in [3.8, 4) is 11.1 Å². The molecule has 2 heteroatoms. The Balaban J connectivity index is 2.46. The Labute approximate surface area is 100 Å². The van der Waals surface area contributed by atoms with Gasteiger partial charge in [-0.05, 0) is 29.5 Å². The fraction of sp³-hybridized carbons (Fsp3) is 0.0769. The number of thiol groups is 1. The first-order chi connectivity index (χ1) is 7.31. The van der Waals surface area contributed by atoms with Crippen LogP contribution in [-0.2, 0) is 0 Å². The van der Waals surface area contributed by atoms with E-state index in [2.05, 4.69) is 49.2 Å². The molecule has 0 nitrogen and oxygen atoms in total. The van der Waals surface area contributed by atoms with Crippen molar-refractivity contribution in [3.05, 3.63) is 48.5 Å². The number of thioether (sulfide) groups is 1. The molecule has 76 valence electrons. The summed E-state index contributed by atoms with van der Waals surface area (Å²) >= 11 is 6.26. The molecule has 2 aromatic carbocycles. The average Bonchev–Trinajstić information content (AvgIpc) is 2.30. The van der Waals surface area contributed by atoms with Crippen LogP contribution in [0.5, 0.6) is 0 Å². The maximum absolute atomic E-state index is 4.52. The second kappa shape index (κ2) is 4.77. The second-order valence-electron chi connectivity index (χ2n) is 3.25. The minimum atomic E-state index is 1.04. The van der Waals surface area contributed by atoms with Crippen LogP contribution in [0.2, 0.25) is 0 Å². The smallest absolute Gasteiger partial charge is 0.0130 e. The lowest BCUT2D eigenvalue weighted by Gasteiger charge is -2.06. The zero-order valence-electron chi connectivity index (χ0n) is 8.47. The molecule has 0 saturated heterocycles. The van der Waals surface area contributed by atoms with Crippen molar-refractivity contribution in [1.29, 1.82) is 0 Å². The van der Waals surface area contributed by atoms with Crippen molar-refractivity contribution in [1.82, 2.24) is 0 Å². The van der Waals surface area contributed by atoms with Crippen LogP contribution in [0.3, 0.4) is 0 Å². The van der Waals surface area contributed by atoms with Gasteiger partial charge in [0.15, 0.2) is 0 Å². The topological polar surface area (TPSA) is 0 Å². The first-order valence-electron chi connectivity index (χ1n) is 4.73. The molecule has 2 rings (SSSR count). The molecule has 0 aliphatic carbocycles. The normalized spacial score (nSPS) is 10.3. The highest BCUT2D eigenvalue weighted by molar-refractivity contribution is 7.98. The molecule has 0 aromatic heterocycles. The Bertz CT molecular complexity index is 449. The van der Waals surface area contributed by atoms with E-state index in [0.717, 1.165) is 4.90 Å². The minimum absolute atomic E-state index is 1.04. The molecule has 0 spiro atoms. The van der Waals surface area contributed by atoms with Gasteiger partial charge in [0.1, 0.15) is 0 Å². The van der Waals surface area contributed by atoms with Crippen molar-refractivity contribution < 1.29 is 0 Å². The molecule has 0 radical (unpaired) electrons. The van der Waals surface area contributed by atoms with Gasteiger partial charge < -0.3 is 0 Å². The zero-order valence-corrected chi connectivity index (χ0v) is 10.2. The highest BCUT2D eigenvalue weighted by atomic mass is 32.2. The first kappa shape index (κ1) is 10.7. The van der Waals surface area contributed by atoms with Gasteiger partial charge in [-0.1, -0.05) is 36.4 Å². The third-order valence-electron chi connectivity index (χ3n) is 2.29. The first-order valence-corrected chi connectivity index (χ1v) is 6.41. The largest absolute Gasteiger partial charge is 0.143 e. The second-order valence-corrected chi connectivity index (χ2v) is 4.61. The average molecular weight is 232 g/mol. The Kier molecular flexibility index (Phi) is 3.39. The Morgan fingerprint density at radius 2 is 1.73 bits per heavy atom. The highest BCUT2D eigenvalue weighted by Crippen LogP contribution is 2.29. The number of hydrogen-bond donors (Lipinski definition) is 1. The predicted molar refractivity (Wildman–Crippen MR) is 70.9 cm³/mol. The molecule has 0 atom stereocenters. The van der Waals surface area contributed by atoms with Crippen LogP contribution < -0.4 is 0 Å². The number of benzene rings is 2. The molecule has 0 aliphatic rings. The van der Waals surface area contributed by atoms with Crippen LogP contribution in [0.4, 0.5) is 0 Å². The van der Waals surface area contributed by atoms with E-state index in [-0.39, 0.29) is 0 Å². The summed E-state index contributed by atoms with van der Waals surface area (Å²) in [5.41, 5.74) is 2.41. The van der Waals surface area contributed by atoms with E-state index in [4.69, 9.17) is 0 Å². The standard InChI is InChI=1S/C13H12S2/c1-15-11-7-8-12(13(14)9-11)10-5-3-2-4-6-10/h2-9,14H,1H3. The SMILES string of the molecule is CSc1ccc(-c2ccccc2)c(S)c1. The van der Waals surface area contributed by atoms with Crippen LogP contribution in [0, 0.1) is 0 Å². The van der Waals surface area contributed by atoms with E-state index in [1.54, 1.807) is 11.8 Å². The minimum Gasteiger partial charge on any atom is -0.143 e. The number of rotatable bonds is 2. The van der Waals surface area contributed by atoms with Crippen molar-refractivity contribution in [2.24, 2.45) is 0 Å². The van der Waals surface area contributed by atoms with Gasteiger partial charge in [-0.15, -0.1) is 24.4 Å². The van der Waals surface area contributed by atoms with Gasteiger partial charge in [-0.25, -0.2) is 0 Å². The molecule has 0 saturated carbocycles. The summed E-state index contributed by atoms with van der Waals surface area (Å²) in [6.45, 7) is 0. The van der Waals surface area contributed by atoms with Gasteiger partial charge in [-0.3, -0.25) is 0 Å². The quantitative estimate of drug-likeness (QED) is 0.593. The van der Waals surface area contributed by atoms with Gasteiger partial charge in [0.25, 0.3) is 0 Å². The lowest BCUT2D eigenvalue weighted by Crippen LogP contribution is -1.80. The molecular formula is C13H12S2. The highest BCUT2D eigenvalue weighted by Gasteiger charge is 2.02. The third-order valence-corrected chi connectivity index (χ3v) is 3.39. The van der Waals surface area contributed by atoms with Crippen molar-refractivity contribution >= 4 is 24.4 Å². The Morgan fingerprint density at radius 3 is 2.33 bits per heavy atom. The summed E-state index contributed by atoms with van der Waals surface area (Å²) in [4.78, 5) is 2.28. The maximum Gasteiger partial charge on any atom is 0.0130 e. The molecular weight excluding hydrogens is 220 g/mol. The molecule has 15 heavy (non-hydrogen) atoms. The van der Waals surface area contributed by atoms with Crippen LogP contribution >= 0.6 is 24.4 Å². The van der Waals surface area contributed by atoms with Gasteiger partial charge in [0, 0.05) is 9.79 Å². The summed E-state index contributed by atoms with van der Waals surface area (Å²) in [7, 11) is 0. The predicted octanol–water partition coefficient (Wildman–Crippen LogP) is 4.36. The van der Waals surface area contributed by atoms with E-state index in [9.17, 15) is 0 Å². The summed E-state index contributed by atoms with van der Waals surface area (Å²) in [6.07, 6.45) is 2.07. The summed E-state index contributed by atoms with van der Waals surface area (Å²) in [5.74, 6) is 0. The monoisotopic (exact) mass is 232 g/mol. The van der Waals surface area contributed by atoms with Crippen LogP contribution in [0.1, 0.15) is 0 Å². The van der Waals surface area contributed by atoms with E-state index in [1.807, 2.05) is 18.2 Å². The van der Waals surface area contributed by atoms with Crippen molar-refractivity contribution in [2.75, 3.05) is 6.26 Å². The molecule has 0 unspecified atom stereocenters. The lowest BCUT2D eigenvalue weighted by molar-refractivity contribution is 1.34. The summed E-state index contributed by atoms with van der Waals surface area (Å²) in [6, 6.07) is 16.7. The molecule has 0 bridgehead atoms. The van der Waals surface area contributed by atoms with E-state index < -0.39 is 0 Å². The van der Waals surface area contributed by atoms with E-state index >= 15 is 0 Å². The fourth-order valence-electron chi connectivity index (χ4n) is 1.50. The van der Waals surface area contributed by atoms with Crippen LogP contribution in [0.25, 0.3) is 11.1 Å². The zero-order chi connectivity index (χ0) is 10.7. The van der Waals surface area contributed by atoms with Crippen LogP contribution in [-0.4, -0.2) is 6.26 Å². The van der Waals surface area contributed by atoms with Gasteiger partial charge in [0.05, 0.1) is 0 Å². The van der Waals surface area contributed by atoms with Crippen molar-refractivity contribution in [2.45, 2.75) is 9.79 Å². The number of hydrogen-bond acceptors (Lipinski definition) is 2. The molecule has 0 heterocycles. The molecule has 0 N–H and O–H groups in total. The van der Waals surface area contributed by atoms with Crippen molar-refractivity contribution in [3.63, 3.8) is 0 Å². The summed E-state index contributed by atoms with van der Waals surface area (Å²) in [5, 5.41) is 0. The Hall–Kier alpha value is -0.860. The van der Waals surface area contributed by atoms with Gasteiger partial charge in [-0.2, -0.15) is 0 Å². The lowest BCUT2D eigenvalue weighted by atomic mass is 10.1. The molecule has 2 aromatic rings. The van der Waals surface area contributed by atoms with Crippen LogP contribution in [0.15, 0.2) is 58.3 Å². The molecule has 0 amide bonds. The third kappa shape index (κ3) is 2.39.